The molecule has 1 heterocycles. The van der Waals surface area contributed by atoms with E-state index >= 15 is 0 Å². The average Bonchev–Trinajstić information content (AvgIpc) is 2.93. The first-order valence-electron chi connectivity index (χ1n) is 8.06. The molecular formula is C16H12Cl2F6N4OS. The van der Waals surface area contributed by atoms with Crippen LogP contribution in [0.1, 0.15) is 24.6 Å². The third-order valence-corrected chi connectivity index (χ3v) is 4.81. The summed E-state index contributed by atoms with van der Waals surface area (Å²) in [5.41, 5.74) is -6.87. The van der Waals surface area contributed by atoms with Gasteiger partial charge in [0.05, 0.1) is 20.5 Å². The van der Waals surface area contributed by atoms with Crippen LogP contribution in [0.2, 0.25) is 10.0 Å². The second kappa shape index (κ2) is 9.55. The lowest BCUT2D eigenvalue weighted by Gasteiger charge is -2.16. The van der Waals surface area contributed by atoms with Crippen molar-refractivity contribution in [3.05, 3.63) is 33.4 Å². The molecule has 0 aliphatic heterocycles. The minimum Gasteiger partial charge on any atom is -0.361 e. The Kier molecular flexibility index (Phi) is 7.79. The van der Waals surface area contributed by atoms with Crippen LogP contribution in [-0.4, -0.2) is 28.6 Å². The van der Waals surface area contributed by atoms with E-state index in [0.717, 1.165) is 4.68 Å². The molecule has 1 N–H and O–H groups in total. The van der Waals surface area contributed by atoms with E-state index < -0.39 is 49.6 Å². The highest BCUT2D eigenvalue weighted by Crippen LogP contribution is 2.45. The summed E-state index contributed by atoms with van der Waals surface area (Å²) in [7, 11) is 0. The van der Waals surface area contributed by atoms with Gasteiger partial charge in [0.15, 0.2) is 5.69 Å². The fourth-order valence-electron chi connectivity index (χ4n) is 2.27. The van der Waals surface area contributed by atoms with Gasteiger partial charge >= 0.3 is 11.7 Å². The molecule has 0 saturated heterocycles. The molecule has 0 spiro atoms. The van der Waals surface area contributed by atoms with Gasteiger partial charge in [0.25, 0.3) is 0 Å². The summed E-state index contributed by atoms with van der Waals surface area (Å²) in [5.74, 6) is -0.353. The smallest absolute Gasteiger partial charge is 0.361 e. The number of hydrogen-bond acceptors (Lipinski definition) is 5. The topological polar surface area (TPSA) is 62.9 Å². The number of nitrogens with one attached hydrogen (secondary N) is 1. The Balaban J connectivity index is 2.65. The maximum atomic E-state index is 13.0. The number of nitrogens with zero attached hydrogens (tertiary/aromatic N) is 3. The van der Waals surface area contributed by atoms with Crippen LogP contribution in [0.25, 0.3) is 5.69 Å². The molecule has 0 atom stereocenters. The molecule has 0 saturated carbocycles. The third kappa shape index (κ3) is 5.87. The number of aromatic nitrogens is 2. The molecule has 0 aliphatic carbocycles. The molecule has 0 radical (unpaired) electrons. The van der Waals surface area contributed by atoms with E-state index in [1.807, 2.05) is 6.92 Å². The fraction of sp³-hybridized carbons (Fsp3) is 0.375. The van der Waals surface area contributed by atoms with E-state index in [1.165, 1.54) is 6.07 Å². The molecule has 2 rings (SSSR count). The van der Waals surface area contributed by atoms with E-state index in [2.05, 4.69) is 10.4 Å². The standard InChI is InChI=1S/C16H12Cl2F6N4OS/c1-2-3-29-7-26-14-13(30-16(22,23)24)11(6-25)27-28(14)12-9(17)4-8(5-10(12)18)15(19,20)21/h4-5,26H,2-3,7H2,1H3. The van der Waals surface area contributed by atoms with Crippen molar-refractivity contribution in [2.45, 2.75) is 29.9 Å². The largest absolute Gasteiger partial charge is 0.446 e. The Hall–Kier alpha value is -1.81. The van der Waals surface area contributed by atoms with Crippen molar-refractivity contribution in [2.75, 3.05) is 18.7 Å². The molecule has 1 aromatic carbocycles. The zero-order valence-electron chi connectivity index (χ0n) is 15.0. The van der Waals surface area contributed by atoms with Crippen molar-refractivity contribution < 1.29 is 31.1 Å². The predicted molar refractivity (Wildman–Crippen MR) is 99.9 cm³/mol. The number of alkyl halides is 6. The summed E-state index contributed by atoms with van der Waals surface area (Å²) < 4.78 is 83.9. The number of thioether (sulfide) groups is 1. The van der Waals surface area contributed by atoms with Gasteiger partial charge in [-0.2, -0.15) is 36.7 Å². The van der Waals surface area contributed by atoms with Gasteiger partial charge in [-0.15, -0.1) is 0 Å². The van der Waals surface area contributed by atoms with Crippen LogP contribution < -0.4 is 5.32 Å². The second-order valence-corrected chi connectivity index (χ2v) is 7.50. The van der Waals surface area contributed by atoms with Crippen molar-refractivity contribution in [1.29, 1.82) is 5.26 Å². The Morgan fingerprint density at radius 3 is 2.27 bits per heavy atom. The van der Waals surface area contributed by atoms with Gasteiger partial charge in [-0.1, -0.05) is 30.1 Å². The quantitative estimate of drug-likeness (QED) is 0.207. The summed E-state index contributed by atoms with van der Waals surface area (Å²) in [4.78, 5) is -0.600. The van der Waals surface area contributed by atoms with Crippen molar-refractivity contribution in [3.8, 4) is 11.8 Å². The van der Waals surface area contributed by atoms with Crippen LogP contribution in [0.4, 0.5) is 32.2 Å². The molecule has 2 aromatic rings. The van der Waals surface area contributed by atoms with Crippen LogP contribution >= 0.6 is 35.0 Å². The van der Waals surface area contributed by atoms with Crippen LogP contribution in [-0.2, 0) is 10.9 Å². The lowest BCUT2D eigenvalue weighted by atomic mass is 10.2. The van der Waals surface area contributed by atoms with Crippen molar-refractivity contribution >= 4 is 40.8 Å². The normalized spacial score (nSPS) is 12.1. The number of halogens is 8. The molecule has 0 fully saturated rings. The van der Waals surface area contributed by atoms with Gasteiger partial charge < -0.3 is 10.1 Å². The molecular weight excluding hydrogens is 481 g/mol. The second-order valence-electron chi connectivity index (χ2n) is 5.61. The average molecular weight is 493 g/mol. The summed E-state index contributed by atoms with van der Waals surface area (Å²) in [6, 6.07) is 2.65. The zero-order chi connectivity index (χ0) is 22.7. The van der Waals surface area contributed by atoms with Gasteiger partial charge in [-0.25, -0.2) is 4.68 Å². The maximum absolute atomic E-state index is 13.0. The van der Waals surface area contributed by atoms with E-state index in [0.29, 0.717) is 18.6 Å². The highest BCUT2D eigenvalue weighted by Gasteiger charge is 2.36. The van der Waals surface area contributed by atoms with Crippen molar-refractivity contribution in [1.82, 2.24) is 9.78 Å². The highest BCUT2D eigenvalue weighted by atomic mass is 35.5. The number of benzene rings is 1. The SMILES string of the molecule is CCCOCNc1c(SC(F)(F)F)c(C#N)nn1-c1c(Cl)cc(C(F)(F)F)cc1Cl. The molecule has 0 bridgehead atoms. The molecule has 0 amide bonds. The predicted octanol–water partition coefficient (Wildman–Crippen LogP) is 6.48. The maximum Gasteiger partial charge on any atom is 0.446 e. The van der Waals surface area contributed by atoms with Gasteiger partial charge in [0.1, 0.15) is 24.3 Å². The van der Waals surface area contributed by atoms with Gasteiger partial charge in [-0.05, 0) is 30.3 Å². The van der Waals surface area contributed by atoms with Crippen LogP contribution in [0.15, 0.2) is 17.0 Å². The van der Waals surface area contributed by atoms with E-state index in [-0.39, 0.29) is 24.8 Å². The lowest BCUT2D eigenvalue weighted by molar-refractivity contribution is -0.137. The summed E-state index contributed by atoms with van der Waals surface area (Å²) in [6.45, 7) is 1.84. The Morgan fingerprint density at radius 1 is 1.20 bits per heavy atom. The van der Waals surface area contributed by atoms with E-state index in [1.54, 1.807) is 0 Å². The number of hydrogen-bond donors (Lipinski definition) is 1. The molecule has 5 nitrogen and oxygen atoms in total. The zero-order valence-corrected chi connectivity index (χ0v) is 17.3. The van der Waals surface area contributed by atoms with Crippen molar-refractivity contribution in [3.63, 3.8) is 0 Å². The Labute approximate surface area is 180 Å². The number of anilines is 1. The van der Waals surface area contributed by atoms with Crippen LogP contribution in [0, 0.1) is 11.3 Å². The van der Waals surface area contributed by atoms with Crippen molar-refractivity contribution in [2.24, 2.45) is 0 Å². The number of nitriles is 1. The highest BCUT2D eigenvalue weighted by molar-refractivity contribution is 8.00. The van der Waals surface area contributed by atoms with Crippen LogP contribution in [0.5, 0.6) is 0 Å². The molecule has 1 aromatic heterocycles. The first kappa shape index (κ1) is 24.5. The molecule has 30 heavy (non-hydrogen) atoms. The minimum absolute atomic E-state index is 0.258. The molecule has 164 valence electrons. The summed E-state index contributed by atoms with van der Waals surface area (Å²) in [5, 5.41) is 14.5. The van der Waals surface area contributed by atoms with E-state index in [4.69, 9.17) is 27.9 Å². The minimum atomic E-state index is -4.77. The van der Waals surface area contributed by atoms with E-state index in [9.17, 15) is 31.6 Å². The molecule has 14 heteroatoms. The Bertz CT molecular complexity index is 932. The summed E-state index contributed by atoms with van der Waals surface area (Å²) >= 11 is 11.3. The Morgan fingerprint density at radius 2 is 1.80 bits per heavy atom. The third-order valence-electron chi connectivity index (χ3n) is 3.41. The van der Waals surface area contributed by atoms with Gasteiger partial charge in [0, 0.05) is 6.61 Å². The first-order valence-corrected chi connectivity index (χ1v) is 9.63. The molecule has 0 aliphatic rings. The monoisotopic (exact) mass is 492 g/mol. The van der Waals surface area contributed by atoms with Gasteiger partial charge in [-0.3, -0.25) is 0 Å². The number of ether oxygens (including phenoxy) is 1. The number of rotatable bonds is 7. The first-order chi connectivity index (χ1) is 13.9. The van der Waals surface area contributed by atoms with Crippen LogP contribution in [0.3, 0.4) is 0 Å². The molecule has 0 unspecified atom stereocenters. The van der Waals surface area contributed by atoms with Gasteiger partial charge in [0.2, 0.25) is 0 Å². The summed E-state index contributed by atoms with van der Waals surface area (Å²) in [6.07, 6.45) is -4.12. The fourth-order valence-corrected chi connectivity index (χ4v) is 3.59. The lowest BCUT2D eigenvalue weighted by Crippen LogP contribution is -2.13.